The van der Waals surface area contributed by atoms with Gasteiger partial charge in [0.25, 0.3) is 0 Å². The lowest BCUT2D eigenvalue weighted by atomic mass is 9.36. The molecule has 5 rings (SSSR count). The highest BCUT2D eigenvalue weighted by Crippen LogP contribution is 2.74. The van der Waals surface area contributed by atoms with Crippen LogP contribution in [0.1, 0.15) is 112 Å². The normalized spacial score (nSPS) is 52.9. The van der Waals surface area contributed by atoms with E-state index in [1.807, 2.05) is 0 Å². The molecule has 0 aromatic rings. The van der Waals surface area contributed by atoms with E-state index in [2.05, 4.69) is 34.6 Å². The van der Waals surface area contributed by atoms with Crippen LogP contribution >= 0.6 is 0 Å². The fraction of sp³-hybridized carbons (Fsp3) is 1.00. The summed E-state index contributed by atoms with van der Waals surface area (Å²) in [5.74, 6) is 8.24. The molecule has 0 aromatic heterocycles. The first-order valence-corrected chi connectivity index (χ1v) is 14.0. The lowest BCUT2D eigenvalue weighted by Gasteiger charge is -2.69. The predicted octanol–water partition coefficient (Wildman–Crippen LogP) is 7.71. The van der Waals surface area contributed by atoms with Gasteiger partial charge in [0, 0.05) is 0 Å². The van der Waals surface area contributed by atoms with Crippen LogP contribution < -0.4 is 0 Å². The Hall–Kier alpha value is -0.0400. The van der Waals surface area contributed by atoms with Gasteiger partial charge in [0.1, 0.15) is 0 Å². The summed E-state index contributed by atoms with van der Waals surface area (Å²) in [6, 6.07) is 0. The average molecular weight is 415 g/mol. The molecule has 5 aliphatic rings. The van der Waals surface area contributed by atoms with Crippen LogP contribution in [0.5, 0.6) is 0 Å². The lowest BCUT2D eigenvalue weighted by Crippen LogP contribution is -2.64. The Morgan fingerprint density at radius 2 is 1.67 bits per heavy atom. The summed E-state index contributed by atoms with van der Waals surface area (Å²) in [5, 5.41) is 10.6. The van der Waals surface area contributed by atoms with Crippen LogP contribution in [0.4, 0.5) is 0 Å². The first kappa shape index (κ1) is 21.8. The second kappa shape index (κ2) is 7.78. The Kier molecular flexibility index (Phi) is 5.65. The van der Waals surface area contributed by atoms with Crippen molar-refractivity contribution in [1.29, 1.82) is 0 Å². The van der Waals surface area contributed by atoms with Gasteiger partial charge in [-0.05, 0) is 122 Å². The van der Waals surface area contributed by atoms with Gasteiger partial charge in [-0.1, -0.05) is 53.9 Å². The highest BCUT2D eigenvalue weighted by atomic mass is 16.3. The van der Waals surface area contributed by atoms with Crippen LogP contribution in [-0.4, -0.2) is 11.2 Å². The van der Waals surface area contributed by atoms with Gasteiger partial charge in [0.2, 0.25) is 0 Å². The summed E-state index contributed by atoms with van der Waals surface area (Å²) in [6.45, 7) is 12.6. The zero-order valence-corrected chi connectivity index (χ0v) is 20.7. The molecule has 1 heteroatoms. The average Bonchev–Trinajstić information content (AvgIpc) is 3.07. The van der Waals surface area contributed by atoms with Gasteiger partial charge in [-0.3, -0.25) is 0 Å². The fourth-order valence-electron chi connectivity index (χ4n) is 11.0. The summed E-state index contributed by atoms with van der Waals surface area (Å²) < 4.78 is 0. The number of hydrogen-bond donors (Lipinski definition) is 1. The van der Waals surface area contributed by atoms with Crippen molar-refractivity contribution in [2.24, 2.45) is 64.1 Å². The summed E-state index contributed by atoms with van der Waals surface area (Å²) in [6.07, 6.45) is 17.2. The van der Waals surface area contributed by atoms with E-state index in [1.54, 1.807) is 0 Å². The highest BCUT2D eigenvalue weighted by molar-refractivity contribution is 5.16. The second-order valence-corrected chi connectivity index (χ2v) is 13.5. The number of hydrogen-bond acceptors (Lipinski definition) is 1. The molecule has 0 heterocycles. The molecule has 0 bridgehead atoms. The smallest absolute Gasteiger partial charge is 0.0571 e. The summed E-state index contributed by atoms with van der Waals surface area (Å²) in [5.41, 5.74) is 1.22. The van der Waals surface area contributed by atoms with Gasteiger partial charge in [-0.25, -0.2) is 0 Å². The number of aliphatic hydroxyl groups is 1. The predicted molar refractivity (Wildman–Crippen MR) is 126 cm³/mol. The van der Waals surface area contributed by atoms with Crippen molar-refractivity contribution < 1.29 is 5.11 Å². The molecule has 5 fully saturated rings. The molecule has 0 amide bonds. The van der Waals surface area contributed by atoms with Crippen molar-refractivity contribution in [2.75, 3.05) is 0 Å². The molecule has 0 aliphatic heterocycles. The van der Waals surface area contributed by atoms with E-state index >= 15 is 0 Å². The van der Waals surface area contributed by atoms with Crippen LogP contribution in [-0.2, 0) is 0 Å². The topological polar surface area (TPSA) is 20.2 Å². The maximum Gasteiger partial charge on any atom is 0.0571 e. The summed E-state index contributed by atoms with van der Waals surface area (Å²) in [7, 11) is 0. The van der Waals surface area contributed by atoms with Gasteiger partial charge >= 0.3 is 0 Å². The van der Waals surface area contributed by atoms with Gasteiger partial charge in [-0.15, -0.1) is 0 Å². The Bertz CT molecular complexity index is 626. The molecule has 0 radical (unpaired) electrons. The molecule has 30 heavy (non-hydrogen) atoms. The van der Waals surface area contributed by atoms with Crippen molar-refractivity contribution in [1.82, 2.24) is 0 Å². The zero-order chi connectivity index (χ0) is 21.3. The van der Waals surface area contributed by atoms with Crippen LogP contribution in [0.25, 0.3) is 0 Å². The third kappa shape index (κ3) is 3.03. The molecule has 1 N–H and O–H groups in total. The SMILES string of the molecule is CCC12CCC3C(CC4CC5C(O)CCC3(C)C45)C1CCC2C(C)CCCC(C)C. The Morgan fingerprint density at radius 3 is 2.40 bits per heavy atom. The minimum Gasteiger partial charge on any atom is -0.393 e. The van der Waals surface area contributed by atoms with Crippen molar-refractivity contribution in [3.05, 3.63) is 0 Å². The molecule has 0 aromatic carbocycles. The maximum absolute atomic E-state index is 10.6. The number of rotatable bonds is 6. The Balaban J connectivity index is 1.35. The molecule has 11 unspecified atom stereocenters. The molecule has 11 atom stereocenters. The molecular formula is C29H50O. The molecule has 1 nitrogen and oxygen atoms in total. The van der Waals surface area contributed by atoms with E-state index < -0.39 is 0 Å². The van der Waals surface area contributed by atoms with E-state index in [4.69, 9.17) is 0 Å². The van der Waals surface area contributed by atoms with Crippen LogP contribution in [0, 0.1) is 64.1 Å². The molecule has 0 spiro atoms. The molecule has 0 saturated heterocycles. The van der Waals surface area contributed by atoms with Crippen LogP contribution in [0.15, 0.2) is 0 Å². The molecule has 5 aliphatic carbocycles. The summed E-state index contributed by atoms with van der Waals surface area (Å²) in [4.78, 5) is 0. The van der Waals surface area contributed by atoms with Crippen LogP contribution in [0.2, 0.25) is 0 Å². The number of fused-ring (bicyclic) bond motifs is 4. The molecule has 172 valence electrons. The lowest BCUT2D eigenvalue weighted by molar-refractivity contribution is -0.226. The largest absolute Gasteiger partial charge is 0.393 e. The van der Waals surface area contributed by atoms with E-state index in [0.717, 1.165) is 53.8 Å². The van der Waals surface area contributed by atoms with Gasteiger partial charge in [0.15, 0.2) is 0 Å². The van der Waals surface area contributed by atoms with Gasteiger partial charge < -0.3 is 5.11 Å². The summed E-state index contributed by atoms with van der Waals surface area (Å²) >= 11 is 0. The van der Waals surface area contributed by atoms with Gasteiger partial charge in [0.05, 0.1) is 6.10 Å². The fourth-order valence-corrected chi connectivity index (χ4v) is 11.0. The molecular weight excluding hydrogens is 364 g/mol. The number of aliphatic hydroxyl groups excluding tert-OH is 1. The third-order valence-corrected chi connectivity index (χ3v) is 12.2. The third-order valence-electron chi connectivity index (χ3n) is 12.2. The monoisotopic (exact) mass is 414 g/mol. The zero-order valence-electron chi connectivity index (χ0n) is 20.7. The van der Waals surface area contributed by atoms with Crippen LogP contribution in [0.3, 0.4) is 0 Å². The Morgan fingerprint density at radius 1 is 0.900 bits per heavy atom. The van der Waals surface area contributed by atoms with Gasteiger partial charge in [-0.2, -0.15) is 0 Å². The maximum atomic E-state index is 10.6. The highest BCUT2D eigenvalue weighted by Gasteiger charge is 2.67. The van der Waals surface area contributed by atoms with E-state index in [0.29, 0.717) is 16.7 Å². The van der Waals surface area contributed by atoms with Crippen molar-refractivity contribution in [3.8, 4) is 0 Å². The molecule has 5 saturated carbocycles. The van der Waals surface area contributed by atoms with E-state index in [-0.39, 0.29) is 6.10 Å². The first-order valence-electron chi connectivity index (χ1n) is 14.0. The van der Waals surface area contributed by atoms with Crippen molar-refractivity contribution in [3.63, 3.8) is 0 Å². The standard InChI is InChI=1S/C29H50O/c1-6-29-15-12-24-21(16-20-17-22-26(30)13-14-28(24,5)27(20)22)25(29)11-10-23(29)19(4)9-7-8-18(2)3/h18-27,30H,6-17H2,1-5H3. The Labute approximate surface area is 187 Å². The van der Waals surface area contributed by atoms with Crippen molar-refractivity contribution >= 4 is 0 Å². The minimum absolute atomic E-state index is 0.0248. The van der Waals surface area contributed by atoms with Crippen molar-refractivity contribution in [2.45, 2.75) is 118 Å². The first-order chi connectivity index (χ1) is 14.3. The minimum atomic E-state index is 0.0248. The quantitative estimate of drug-likeness (QED) is 0.472. The van der Waals surface area contributed by atoms with E-state index in [1.165, 1.54) is 70.6 Å². The van der Waals surface area contributed by atoms with E-state index in [9.17, 15) is 5.11 Å². The second-order valence-electron chi connectivity index (χ2n) is 13.5.